The molecule has 0 saturated heterocycles. The zero-order valence-corrected chi connectivity index (χ0v) is 7.66. The number of rotatable bonds is 0. The van der Waals surface area contributed by atoms with Crippen molar-refractivity contribution in [2.24, 2.45) is 11.8 Å². The van der Waals surface area contributed by atoms with E-state index in [2.05, 4.69) is 0 Å². The molecule has 1 spiro atoms. The number of esters is 1. The molecular weight excluding hydrogens is 164 g/mol. The van der Waals surface area contributed by atoms with Crippen molar-refractivity contribution < 1.29 is 9.53 Å². The molecule has 0 aromatic carbocycles. The quantitative estimate of drug-likeness (QED) is 0.531. The van der Waals surface area contributed by atoms with Gasteiger partial charge >= 0.3 is 5.97 Å². The highest BCUT2D eigenvalue weighted by atomic mass is 16.6. The number of hydrogen-bond acceptors (Lipinski definition) is 2. The molecule has 0 radical (unpaired) electrons. The van der Waals surface area contributed by atoms with E-state index in [1.165, 1.54) is 19.3 Å². The lowest BCUT2D eigenvalue weighted by molar-refractivity contribution is -0.161. The van der Waals surface area contributed by atoms with Crippen LogP contribution in [0.25, 0.3) is 0 Å². The number of carbonyl (C=O) groups excluding carboxylic acids is 1. The first-order valence-corrected chi connectivity index (χ1v) is 5.18. The molecule has 2 saturated carbocycles. The van der Waals surface area contributed by atoms with Crippen LogP contribution in [0.5, 0.6) is 0 Å². The lowest BCUT2D eigenvalue weighted by Crippen LogP contribution is -2.41. The van der Waals surface area contributed by atoms with Gasteiger partial charge in [-0.25, -0.2) is 4.79 Å². The van der Waals surface area contributed by atoms with Crippen LogP contribution in [0.4, 0.5) is 0 Å². The Kier molecular flexibility index (Phi) is 1.38. The first kappa shape index (κ1) is 7.60. The van der Waals surface area contributed by atoms with Crippen molar-refractivity contribution in [2.45, 2.75) is 37.7 Å². The number of hydrogen-bond donors (Lipinski definition) is 0. The monoisotopic (exact) mass is 178 g/mol. The molecule has 3 rings (SSSR count). The minimum atomic E-state index is -0.126. The second kappa shape index (κ2) is 2.37. The van der Waals surface area contributed by atoms with Crippen LogP contribution in [0, 0.1) is 11.8 Å². The molecule has 3 atom stereocenters. The summed E-state index contributed by atoms with van der Waals surface area (Å²) in [6.07, 6.45) is 9.55. The van der Waals surface area contributed by atoms with Gasteiger partial charge in [0.2, 0.25) is 0 Å². The Morgan fingerprint density at radius 1 is 1.46 bits per heavy atom. The van der Waals surface area contributed by atoms with Crippen molar-refractivity contribution in [1.29, 1.82) is 0 Å². The third kappa shape index (κ3) is 0.976. The normalized spacial score (nSPS) is 47.2. The SMILES string of the molecule is O=C1C=CCC2(CC3CCC2C3)O1. The van der Waals surface area contributed by atoms with Gasteiger partial charge in [-0.2, -0.15) is 0 Å². The molecule has 2 bridgehead atoms. The summed E-state index contributed by atoms with van der Waals surface area (Å²) in [5, 5.41) is 0. The zero-order valence-electron chi connectivity index (χ0n) is 7.66. The fourth-order valence-electron chi connectivity index (χ4n) is 3.40. The molecule has 13 heavy (non-hydrogen) atoms. The Bertz CT molecular complexity index is 282. The largest absolute Gasteiger partial charge is 0.455 e. The lowest BCUT2D eigenvalue weighted by atomic mass is 9.80. The molecule has 0 N–H and O–H groups in total. The first-order valence-electron chi connectivity index (χ1n) is 5.18. The summed E-state index contributed by atoms with van der Waals surface area (Å²) in [5.74, 6) is 1.37. The summed E-state index contributed by atoms with van der Waals surface area (Å²) in [6, 6.07) is 0. The highest BCUT2D eigenvalue weighted by Crippen LogP contribution is 2.54. The summed E-state index contributed by atoms with van der Waals surface area (Å²) < 4.78 is 5.54. The summed E-state index contributed by atoms with van der Waals surface area (Å²) in [4.78, 5) is 11.2. The van der Waals surface area contributed by atoms with E-state index in [0.717, 1.165) is 18.8 Å². The van der Waals surface area contributed by atoms with Crippen molar-refractivity contribution in [3.8, 4) is 0 Å². The predicted octanol–water partition coefficient (Wildman–Crippen LogP) is 2.05. The molecule has 2 nitrogen and oxygen atoms in total. The highest BCUT2D eigenvalue weighted by Gasteiger charge is 2.53. The number of carbonyl (C=O) groups is 1. The predicted molar refractivity (Wildman–Crippen MR) is 48.0 cm³/mol. The Balaban J connectivity index is 1.90. The van der Waals surface area contributed by atoms with Crippen molar-refractivity contribution in [1.82, 2.24) is 0 Å². The standard InChI is InChI=1S/C11H14O2/c12-10-2-1-5-11(13-10)7-8-3-4-9(11)6-8/h1-2,8-9H,3-7H2. The van der Waals surface area contributed by atoms with E-state index in [1.54, 1.807) is 6.08 Å². The second-order valence-corrected chi connectivity index (χ2v) is 4.67. The smallest absolute Gasteiger partial charge is 0.330 e. The van der Waals surface area contributed by atoms with Gasteiger partial charge in [0.05, 0.1) is 0 Å². The maximum Gasteiger partial charge on any atom is 0.330 e. The van der Waals surface area contributed by atoms with Crippen LogP contribution >= 0.6 is 0 Å². The molecule has 70 valence electrons. The molecule has 0 amide bonds. The molecule has 2 heteroatoms. The van der Waals surface area contributed by atoms with Crippen molar-refractivity contribution in [3.63, 3.8) is 0 Å². The summed E-state index contributed by atoms with van der Waals surface area (Å²) in [5.41, 5.74) is -0.0747. The van der Waals surface area contributed by atoms with Crippen LogP contribution in [-0.4, -0.2) is 11.6 Å². The van der Waals surface area contributed by atoms with Crippen molar-refractivity contribution >= 4 is 5.97 Å². The van der Waals surface area contributed by atoms with E-state index >= 15 is 0 Å². The van der Waals surface area contributed by atoms with E-state index in [0.29, 0.717) is 5.92 Å². The van der Waals surface area contributed by atoms with Gasteiger partial charge in [0.1, 0.15) is 5.60 Å². The molecule has 2 aliphatic carbocycles. The zero-order chi connectivity index (χ0) is 8.89. The average Bonchev–Trinajstić information content (AvgIpc) is 2.63. The summed E-state index contributed by atoms with van der Waals surface area (Å²) in [6.45, 7) is 0. The maximum atomic E-state index is 11.2. The third-order valence-electron chi connectivity index (χ3n) is 3.94. The van der Waals surface area contributed by atoms with E-state index in [4.69, 9.17) is 4.74 Å². The highest BCUT2D eigenvalue weighted by molar-refractivity contribution is 5.83. The van der Waals surface area contributed by atoms with Gasteiger partial charge in [-0.3, -0.25) is 0 Å². The van der Waals surface area contributed by atoms with E-state index in [-0.39, 0.29) is 11.6 Å². The van der Waals surface area contributed by atoms with Gasteiger partial charge in [0, 0.05) is 12.5 Å². The lowest BCUT2D eigenvalue weighted by Gasteiger charge is -2.37. The first-order chi connectivity index (χ1) is 6.28. The van der Waals surface area contributed by atoms with E-state index < -0.39 is 0 Å². The Morgan fingerprint density at radius 2 is 2.38 bits per heavy atom. The van der Waals surface area contributed by atoms with Gasteiger partial charge in [0.25, 0.3) is 0 Å². The fraction of sp³-hybridized carbons (Fsp3) is 0.727. The van der Waals surface area contributed by atoms with Crippen LogP contribution in [0.2, 0.25) is 0 Å². The number of fused-ring (bicyclic) bond motifs is 3. The Morgan fingerprint density at radius 3 is 3.00 bits per heavy atom. The summed E-state index contributed by atoms with van der Waals surface area (Å²) >= 11 is 0. The molecule has 1 aliphatic heterocycles. The molecule has 3 unspecified atom stereocenters. The van der Waals surface area contributed by atoms with Gasteiger partial charge < -0.3 is 4.74 Å². The number of ether oxygens (including phenoxy) is 1. The average molecular weight is 178 g/mol. The topological polar surface area (TPSA) is 26.3 Å². The fourth-order valence-corrected chi connectivity index (χ4v) is 3.40. The van der Waals surface area contributed by atoms with Crippen LogP contribution in [0.15, 0.2) is 12.2 Å². The summed E-state index contributed by atoms with van der Waals surface area (Å²) in [7, 11) is 0. The van der Waals surface area contributed by atoms with Crippen molar-refractivity contribution in [3.05, 3.63) is 12.2 Å². The van der Waals surface area contributed by atoms with Gasteiger partial charge in [-0.15, -0.1) is 0 Å². The maximum absolute atomic E-state index is 11.2. The van der Waals surface area contributed by atoms with Crippen LogP contribution < -0.4 is 0 Å². The second-order valence-electron chi connectivity index (χ2n) is 4.67. The van der Waals surface area contributed by atoms with Crippen LogP contribution in [0.1, 0.15) is 32.1 Å². The third-order valence-corrected chi connectivity index (χ3v) is 3.94. The molecule has 0 aromatic heterocycles. The molecule has 3 aliphatic rings. The van der Waals surface area contributed by atoms with E-state index in [9.17, 15) is 4.79 Å². The molecule has 1 heterocycles. The minimum absolute atomic E-state index is 0.0747. The van der Waals surface area contributed by atoms with Crippen LogP contribution in [0.3, 0.4) is 0 Å². The van der Waals surface area contributed by atoms with Gasteiger partial charge in [0.15, 0.2) is 0 Å². The minimum Gasteiger partial charge on any atom is -0.455 e. The van der Waals surface area contributed by atoms with Gasteiger partial charge in [-0.05, 0) is 37.5 Å². The van der Waals surface area contributed by atoms with E-state index in [1.807, 2.05) is 6.08 Å². The molecule has 2 fully saturated rings. The van der Waals surface area contributed by atoms with Gasteiger partial charge in [-0.1, -0.05) is 6.08 Å². The Hall–Kier alpha value is -0.790. The van der Waals surface area contributed by atoms with Crippen molar-refractivity contribution in [2.75, 3.05) is 0 Å². The Labute approximate surface area is 78.0 Å². The van der Waals surface area contributed by atoms with Crippen LogP contribution in [-0.2, 0) is 9.53 Å². The molecule has 0 aromatic rings. The molecular formula is C11H14O2.